The quantitative estimate of drug-likeness (QED) is 0.325. The average molecular weight is 393 g/mol. The van der Waals surface area contributed by atoms with Gasteiger partial charge in [-0.2, -0.15) is 0 Å². The molecular weight excluding hydrogens is 370 g/mol. The average Bonchev–Trinajstić information content (AvgIpc) is 3.17. The summed E-state index contributed by atoms with van der Waals surface area (Å²) in [7, 11) is 3.61. The van der Waals surface area contributed by atoms with Crippen LogP contribution in [0.3, 0.4) is 0 Å². The Morgan fingerprint density at radius 3 is 2.53 bits per heavy atom. The van der Waals surface area contributed by atoms with Gasteiger partial charge in [-0.05, 0) is 39.8 Å². The fraction of sp³-hybridized carbons (Fsp3) is 0.115. The van der Waals surface area contributed by atoms with E-state index in [1.54, 1.807) is 7.11 Å². The maximum Gasteiger partial charge on any atom is 0.200 e. The van der Waals surface area contributed by atoms with E-state index in [-0.39, 0.29) is 0 Å². The molecule has 0 aliphatic heterocycles. The van der Waals surface area contributed by atoms with Gasteiger partial charge >= 0.3 is 0 Å². The van der Waals surface area contributed by atoms with E-state index in [0.717, 1.165) is 34.3 Å². The van der Waals surface area contributed by atoms with Crippen molar-refractivity contribution in [1.29, 1.82) is 0 Å². The normalized spacial score (nSPS) is 12.5. The van der Waals surface area contributed by atoms with Gasteiger partial charge in [0.1, 0.15) is 5.75 Å². The molecule has 148 valence electrons. The zero-order chi connectivity index (χ0) is 20.7. The number of hydrogen-bond donors (Lipinski definition) is 1. The molecule has 5 rings (SSSR count). The van der Waals surface area contributed by atoms with Crippen molar-refractivity contribution >= 4 is 28.1 Å². The number of ether oxygens (including phenoxy) is 1. The van der Waals surface area contributed by atoms with E-state index in [1.807, 2.05) is 42.3 Å². The van der Waals surface area contributed by atoms with Crippen LogP contribution in [-0.4, -0.2) is 20.1 Å². The minimum atomic E-state index is 0.425. The molecule has 4 aromatic carbocycles. The van der Waals surface area contributed by atoms with Crippen LogP contribution in [0.25, 0.3) is 21.9 Å². The summed E-state index contributed by atoms with van der Waals surface area (Å²) < 4.78 is 5.64. The van der Waals surface area contributed by atoms with Crippen LogP contribution in [0.1, 0.15) is 11.1 Å². The van der Waals surface area contributed by atoms with Gasteiger partial charge in [-0.3, -0.25) is 0 Å². The Balaban J connectivity index is 1.59. The maximum atomic E-state index is 6.52. The fourth-order valence-corrected chi connectivity index (χ4v) is 4.30. The number of nitrogens with two attached hydrogens (primary N) is 1. The zero-order valence-corrected chi connectivity index (χ0v) is 17.1. The molecule has 0 aromatic heterocycles. The summed E-state index contributed by atoms with van der Waals surface area (Å²) >= 11 is 0. The Hall–Kier alpha value is -3.79. The van der Waals surface area contributed by atoms with Crippen LogP contribution >= 0.6 is 0 Å². The molecule has 0 heterocycles. The minimum absolute atomic E-state index is 0.425. The Morgan fingerprint density at radius 2 is 1.67 bits per heavy atom. The number of rotatable bonds is 3. The second-order valence-corrected chi connectivity index (χ2v) is 7.50. The zero-order valence-electron chi connectivity index (χ0n) is 17.1. The van der Waals surface area contributed by atoms with Crippen LogP contribution in [-0.2, 0) is 6.42 Å². The lowest BCUT2D eigenvalue weighted by atomic mass is 10.1. The molecule has 2 N–H and O–H groups in total. The minimum Gasteiger partial charge on any atom is -0.495 e. The molecule has 0 fully saturated rings. The van der Waals surface area contributed by atoms with E-state index in [0.29, 0.717) is 5.96 Å². The molecule has 1 aliphatic carbocycles. The van der Waals surface area contributed by atoms with Crippen molar-refractivity contribution in [3.63, 3.8) is 0 Å². The van der Waals surface area contributed by atoms with Gasteiger partial charge in [0.25, 0.3) is 0 Å². The van der Waals surface area contributed by atoms with Crippen molar-refractivity contribution in [3.8, 4) is 16.9 Å². The van der Waals surface area contributed by atoms with E-state index in [9.17, 15) is 0 Å². The molecule has 1 aliphatic rings. The van der Waals surface area contributed by atoms with Crippen LogP contribution in [0.15, 0.2) is 83.9 Å². The largest absolute Gasteiger partial charge is 0.495 e. The predicted octanol–water partition coefficient (Wildman–Crippen LogP) is 5.50. The molecular formula is C26H23N3O. The van der Waals surface area contributed by atoms with Gasteiger partial charge in [-0.15, -0.1) is 0 Å². The summed E-state index contributed by atoms with van der Waals surface area (Å²) in [5.41, 5.74) is 13.4. The number of hydrogen-bond acceptors (Lipinski definition) is 2. The standard InChI is InChI=1S/C26H23N3O/c1-29(25-20-11-6-3-8-17(20)14-15-24(25)30-2)26(27)28-23-13-7-12-21-19-10-5-4-9-18(19)16-22(21)23/h3-15H,16H2,1-2H3,(H2,27,28). The first-order valence-corrected chi connectivity index (χ1v) is 10.0. The number of fused-ring (bicyclic) bond motifs is 4. The van der Waals surface area contributed by atoms with E-state index in [2.05, 4.69) is 48.5 Å². The molecule has 4 nitrogen and oxygen atoms in total. The molecule has 0 bridgehead atoms. The van der Waals surface area contributed by atoms with Gasteiger partial charge in [0.2, 0.25) is 5.96 Å². The van der Waals surface area contributed by atoms with Gasteiger partial charge in [0, 0.05) is 18.9 Å². The highest BCUT2D eigenvalue weighted by Crippen LogP contribution is 2.41. The lowest BCUT2D eigenvalue weighted by molar-refractivity contribution is 0.416. The summed E-state index contributed by atoms with van der Waals surface area (Å²) in [6, 6.07) is 27.0. The van der Waals surface area contributed by atoms with Crippen LogP contribution in [0.2, 0.25) is 0 Å². The van der Waals surface area contributed by atoms with Crippen LogP contribution in [0.5, 0.6) is 5.75 Å². The monoisotopic (exact) mass is 393 g/mol. The van der Waals surface area contributed by atoms with Crippen molar-refractivity contribution in [3.05, 3.63) is 90.0 Å². The van der Waals surface area contributed by atoms with Gasteiger partial charge in [-0.25, -0.2) is 4.99 Å². The van der Waals surface area contributed by atoms with E-state index in [4.69, 9.17) is 15.5 Å². The highest BCUT2D eigenvalue weighted by Gasteiger charge is 2.21. The van der Waals surface area contributed by atoms with Crippen LogP contribution in [0.4, 0.5) is 11.4 Å². The fourth-order valence-electron chi connectivity index (χ4n) is 4.30. The second kappa shape index (κ2) is 7.23. The maximum absolute atomic E-state index is 6.52. The predicted molar refractivity (Wildman–Crippen MR) is 125 cm³/mol. The second-order valence-electron chi connectivity index (χ2n) is 7.50. The van der Waals surface area contributed by atoms with Crippen molar-refractivity contribution in [2.45, 2.75) is 6.42 Å². The molecule has 0 radical (unpaired) electrons. The van der Waals surface area contributed by atoms with Crippen molar-refractivity contribution in [1.82, 2.24) is 0 Å². The van der Waals surface area contributed by atoms with Gasteiger partial charge in [0.05, 0.1) is 18.5 Å². The van der Waals surface area contributed by atoms with Gasteiger partial charge in [-0.1, -0.05) is 66.7 Å². The third kappa shape index (κ3) is 2.89. The highest BCUT2D eigenvalue weighted by atomic mass is 16.5. The van der Waals surface area contributed by atoms with E-state index < -0.39 is 0 Å². The number of aliphatic imine (C=N–C) groups is 1. The molecule has 0 atom stereocenters. The lowest BCUT2D eigenvalue weighted by Crippen LogP contribution is -2.34. The molecule has 4 heteroatoms. The first-order valence-electron chi connectivity index (χ1n) is 10.0. The molecule has 0 spiro atoms. The molecule has 0 saturated carbocycles. The molecule has 0 unspecified atom stereocenters. The third-order valence-corrected chi connectivity index (χ3v) is 5.82. The molecule has 0 saturated heterocycles. The summed E-state index contributed by atoms with van der Waals surface area (Å²) in [5.74, 6) is 1.19. The summed E-state index contributed by atoms with van der Waals surface area (Å²) in [6.45, 7) is 0. The Bertz CT molecular complexity index is 1290. The number of guanidine groups is 1. The lowest BCUT2D eigenvalue weighted by Gasteiger charge is -2.23. The number of nitrogens with zero attached hydrogens (tertiary/aromatic N) is 2. The van der Waals surface area contributed by atoms with Crippen LogP contribution in [0, 0.1) is 0 Å². The smallest absolute Gasteiger partial charge is 0.200 e. The van der Waals surface area contributed by atoms with Crippen molar-refractivity contribution < 1.29 is 4.74 Å². The SMILES string of the molecule is COc1ccc2ccccc2c1N(C)C(N)=Nc1cccc2c1Cc1ccccc1-2. The van der Waals surface area contributed by atoms with E-state index >= 15 is 0 Å². The Labute approximate surface area is 176 Å². The molecule has 4 aromatic rings. The Kier molecular flexibility index (Phi) is 4.40. The number of anilines is 1. The summed E-state index contributed by atoms with van der Waals surface area (Å²) in [6.07, 6.45) is 0.875. The van der Waals surface area contributed by atoms with Crippen molar-refractivity contribution in [2.24, 2.45) is 10.7 Å². The van der Waals surface area contributed by atoms with E-state index in [1.165, 1.54) is 22.3 Å². The number of methoxy groups -OCH3 is 1. The first-order chi connectivity index (χ1) is 14.7. The number of benzene rings is 4. The van der Waals surface area contributed by atoms with Gasteiger partial charge < -0.3 is 15.4 Å². The first kappa shape index (κ1) is 18.3. The van der Waals surface area contributed by atoms with Crippen LogP contribution < -0.4 is 15.4 Å². The van der Waals surface area contributed by atoms with Crippen molar-refractivity contribution in [2.75, 3.05) is 19.1 Å². The summed E-state index contributed by atoms with van der Waals surface area (Å²) in [4.78, 5) is 6.74. The molecule has 0 amide bonds. The highest BCUT2D eigenvalue weighted by molar-refractivity contribution is 6.07. The Morgan fingerprint density at radius 1 is 0.900 bits per heavy atom. The molecule has 30 heavy (non-hydrogen) atoms. The summed E-state index contributed by atoms with van der Waals surface area (Å²) in [5, 5.41) is 2.20. The topological polar surface area (TPSA) is 50.9 Å². The third-order valence-electron chi connectivity index (χ3n) is 5.82. The van der Waals surface area contributed by atoms with Gasteiger partial charge in [0.15, 0.2) is 0 Å².